The third-order valence-electron chi connectivity index (χ3n) is 3.47. The first-order valence-electron chi connectivity index (χ1n) is 6.63. The van der Waals surface area contributed by atoms with Gasteiger partial charge in [-0.15, -0.1) is 0 Å². The average molecular weight is 282 g/mol. The van der Waals surface area contributed by atoms with Crippen molar-refractivity contribution in [1.29, 1.82) is 0 Å². The quantitative estimate of drug-likeness (QED) is 0.707. The number of amides is 2. The Morgan fingerprint density at radius 3 is 2.75 bits per heavy atom. The Bertz CT molecular complexity index is 454. The monoisotopic (exact) mass is 282 g/mol. The molecule has 1 fully saturated rings. The number of carbonyl (C=O) groups is 2. The molecule has 1 aromatic heterocycles. The summed E-state index contributed by atoms with van der Waals surface area (Å²) >= 11 is 0. The second-order valence-corrected chi connectivity index (χ2v) is 5.04. The van der Waals surface area contributed by atoms with Crippen molar-refractivity contribution < 1.29 is 19.2 Å². The first-order chi connectivity index (χ1) is 9.60. The predicted octanol–water partition coefficient (Wildman–Crippen LogP) is 0.699. The van der Waals surface area contributed by atoms with Crippen molar-refractivity contribution in [2.45, 2.75) is 44.1 Å². The van der Waals surface area contributed by atoms with Gasteiger partial charge in [-0.05, 0) is 12.8 Å². The van der Waals surface area contributed by atoms with Crippen LogP contribution in [0.2, 0.25) is 0 Å². The van der Waals surface area contributed by atoms with Crippen LogP contribution in [0, 0.1) is 0 Å². The number of carbonyl (C=O) groups excluding carboxylic acids is 1. The largest absolute Gasteiger partial charge is 0.481 e. The SMILES string of the molecule is O=C(O)CC1(NC(=O)NCCc2ncon2)CCCC1. The molecule has 0 radical (unpaired) electrons. The third-order valence-corrected chi connectivity index (χ3v) is 3.47. The number of carboxylic acids is 1. The van der Waals surface area contributed by atoms with Crippen LogP contribution in [0.15, 0.2) is 10.9 Å². The molecule has 1 saturated carbocycles. The molecule has 1 aromatic rings. The maximum absolute atomic E-state index is 11.8. The molecular formula is C12H18N4O4. The molecule has 1 heterocycles. The molecule has 0 spiro atoms. The van der Waals surface area contributed by atoms with Crippen molar-refractivity contribution in [1.82, 2.24) is 20.8 Å². The number of urea groups is 1. The molecule has 0 aliphatic heterocycles. The van der Waals surface area contributed by atoms with Crippen LogP contribution < -0.4 is 10.6 Å². The van der Waals surface area contributed by atoms with Gasteiger partial charge in [0, 0.05) is 13.0 Å². The Hall–Kier alpha value is -2.12. The minimum Gasteiger partial charge on any atom is -0.481 e. The lowest BCUT2D eigenvalue weighted by Crippen LogP contribution is -2.51. The van der Waals surface area contributed by atoms with Gasteiger partial charge in [0.2, 0.25) is 6.39 Å². The van der Waals surface area contributed by atoms with Gasteiger partial charge in [-0.3, -0.25) is 4.79 Å². The molecule has 1 aliphatic rings. The van der Waals surface area contributed by atoms with Crippen LogP contribution in [0.4, 0.5) is 4.79 Å². The van der Waals surface area contributed by atoms with E-state index in [1.807, 2.05) is 0 Å². The van der Waals surface area contributed by atoms with Crippen molar-refractivity contribution in [2.75, 3.05) is 6.54 Å². The highest BCUT2D eigenvalue weighted by Crippen LogP contribution is 2.32. The molecule has 20 heavy (non-hydrogen) atoms. The number of carboxylic acid groups (broad SMARTS) is 1. The minimum absolute atomic E-state index is 0.0364. The van der Waals surface area contributed by atoms with Gasteiger partial charge < -0.3 is 20.3 Å². The van der Waals surface area contributed by atoms with Crippen LogP contribution in [-0.4, -0.2) is 39.3 Å². The molecule has 2 amide bonds. The number of hydrogen-bond acceptors (Lipinski definition) is 5. The van der Waals surface area contributed by atoms with Crippen LogP contribution in [0.25, 0.3) is 0 Å². The predicted molar refractivity (Wildman–Crippen MR) is 68.0 cm³/mol. The van der Waals surface area contributed by atoms with Gasteiger partial charge in [0.1, 0.15) is 0 Å². The number of rotatable bonds is 6. The number of nitrogens with zero attached hydrogens (tertiary/aromatic N) is 2. The van der Waals surface area contributed by atoms with E-state index in [2.05, 4.69) is 25.3 Å². The van der Waals surface area contributed by atoms with Gasteiger partial charge in [-0.25, -0.2) is 4.79 Å². The van der Waals surface area contributed by atoms with E-state index in [-0.39, 0.29) is 12.5 Å². The summed E-state index contributed by atoms with van der Waals surface area (Å²) in [6.45, 7) is 0.370. The van der Waals surface area contributed by atoms with E-state index in [1.54, 1.807) is 0 Å². The first-order valence-corrected chi connectivity index (χ1v) is 6.63. The summed E-state index contributed by atoms with van der Waals surface area (Å²) in [5.41, 5.74) is -0.609. The normalized spacial score (nSPS) is 16.8. The zero-order valence-electron chi connectivity index (χ0n) is 11.1. The highest BCUT2D eigenvalue weighted by atomic mass is 16.5. The highest BCUT2D eigenvalue weighted by molar-refractivity contribution is 5.76. The lowest BCUT2D eigenvalue weighted by Gasteiger charge is -2.28. The van der Waals surface area contributed by atoms with E-state index in [4.69, 9.17) is 5.11 Å². The molecule has 0 unspecified atom stereocenters. The summed E-state index contributed by atoms with van der Waals surface area (Å²) in [4.78, 5) is 26.6. The Labute approximate surface area is 115 Å². The lowest BCUT2D eigenvalue weighted by molar-refractivity contribution is -0.138. The van der Waals surface area contributed by atoms with Gasteiger partial charge in [-0.2, -0.15) is 4.98 Å². The lowest BCUT2D eigenvalue weighted by atomic mass is 9.93. The van der Waals surface area contributed by atoms with Gasteiger partial charge >= 0.3 is 12.0 Å². The van der Waals surface area contributed by atoms with Gasteiger partial charge in [0.15, 0.2) is 5.82 Å². The molecule has 0 bridgehead atoms. The second-order valence-electron chi connectivity index (χ2n) is 5.04. The van der Waals surface area contributed by atoms with E-state index in [0.717, 1.165) is 12.8 Å². The molecule has 0 atom stereocenters. The summed E-state index contributed by atoms with van der Waals surface area (Å²) in [5, 5.41) is 18.1. The molecular weight excluding hydrogens is 264 g/mol. The molecule has 3 N–H and O–H groups in total. The molecule has 110 valence electrons. The van der Waals surface area contributed by atoms with E-state index in [1.165, 1.54) is 6.39 Å². The zero-order chi connectivity index (χ0) is 14.4. The van der Waals surface area contributed by atoms with Crippen molar-refractivity contribution in [3.8, 4) is 0 Å². The van der Waals surface area contributed by atoms with E-state index in [0.29, 0.717) is 31.6 Å². The second kappa shape index (κ2) is 6.36. The molecule has 0 aromatic carbocycles. The van der Waals surface area contributed by atoms with Gasteiger partial charge in [0.25, 0.3) is 0 Å². The smallest absolute Gasteiger partial charge is 0.315 e. The van der Waals surface area contributed by atoms with Gasteiger partial charge in [0.05, 0.1) is 12.0 Å². The molecule has 0 saturated heterocycles. The fourth-order valence-corrected chi connectivity index (χ4v) is 2.56. The standard InChI is InChI=1S/C12H18N4O4/c17-10(18)7-12(4-1-2-5-12)15-11(19)13-6-3-9-14-8-20-16-9/h8H,1-7H2,(H,17,18)(H2,13,15,19). The maximum Gasteiger partial charge on any atom is 0.315 e. The fraction of sp³-hybridized carbons (Fsp3) is 0.667. The summed E-state index contributed by atoms with van der Waals surface area (Å²) in [7, 11) is 0. The minimum atomic E-state index is -0.890. The summed E-state index contributed by atoms with van der Waals surface area (Å²) in [6, 6.07) is -0.350. The summed E-state index contributed by atoms with van der Waals surface area (Å²) < 4.78 is 4.58. The number of hydrogen-bond donors (Lipinski definition) is 3. The summed E-state index contributed by atoms with van der Waals surface area (Å²) in [6.07, 6.45) is 4.96. The maximum atomic E-state index is 11.8. The summed E-state index contributed by atoms with van der Waals surface area (Å²) in [5.74, 6) is -0.370. The van der Waals surface area contributed by atoms with E-state index >= 15 is 0 Å². The van der Waals surface area contributed by atoms with Gasteiger partial charge in [-0.1, -0.05) is 18.0 Å². The number of aliphatic carboxylic acids is 1. The Morgan fingerprint density at radius 1 is 1.40 bits per heavy atom. The van der Waals surface area contributed by atoms with Crippen molar-refractivity contribution in [2.24, 2.45) is 0 Å². The van der Waals surface area contributed by atoms with Crippen LogP contribution >= 0.6 is 0 Å². The first kappa shape index (κ1) is 14.3. The topological polar surface area (TPSA) is 117 Å². The fourth-order valence-electron chi connectivity index (χ4n) is 2.56. The van der Waals surface area contributed by atoms with Crippen LogP contribution in [-0.2, 0) is 11.2 Å². The van der Waals surface area contributed by atoms with Crippen molar-refractivity contribution >= 4 is 12.0 Å². The van der Waals surface area contributed by atoms with Crippen molar-refractivity contribution in [3.05, 3.63) is 12.2 Å². The van der Waals surface area contributed by atoms with Crippen LogP contribution in [0.5, 0.6) is 0 Å². The molecule has 8 heteroatoms. The van der Waals surface area contributed by atoms with E-state index < -0.39 is 11.5 Å². The third kappa shape index (κ3) is 3.94. The number of nitrogens with one attached hydrogen (secondary N) is 2. The Balaban J connectivity index is 1.78. The van der Waals surface area contributed by atoms with E-state index in [9.17, 15) is 9.59 Å². The Morgan fingerprint density at radius 2 is 2.15 bits per heavy atom. The average Bonchev–Trinajstić information content (AvgIpc) is 3.00. The zero-order valence-corrected chi connectivity index (χ0v) is 11.1. The van der Waals surface area contributed by atoms with Crippen LogP contribution in [0.3, 0.4) is 0 Å². The number of aromatic nitrogens is 2. The van der Waals surface area contributed by atoms with Crippen LogP contribution in [0.1, 0.15) is 37.9 Å². The molecule has 1 aliphatic carbocycles. The Kier molecular flexibility index (Phi) is 4.54. The molecule has 8 nitrogen and oxygen atoms in total. The highest BCUT2D eigenvalue weighted by Gasteiger charge is 2.37. The van der Waals surface area contributed by atoms with Crippen molar-refractivity contribution in [3.63, 3.8) is 0 Å². The molecule has 2 rings (SSSR count).